The van der Waals surface area contributed by atoms with Crippen LogP contribution in [0.15, 0.2) is 54.1 Å². The van der Waals surface area contributed by atoms with E-state index in [1.165, 1.54) is 0 Å². The normalized spacial score (nSPS) is 45.8. The van der Waals surface area contributed by atoms with Gasteiger partial charge in [0.1, 0.15) is 6.61 Å². The summed E-state index contributed by atoms with van der Waals surface area (Å²) in [4.78, 5) is 25.5. The summed E-state index contributed by atoms with van der Waals surface area (Å²) in [7, 11) is 0. The number of hydrogen-bond donors (Lipinski definition) is 2. The number of hydrogen-bond acceptors (Lipinski definition) is 6. The Morgan fingerprint density at radius 1 is 1.20 bits per heavy atom. The number of Topliss-reactive ketones (excluding diaryl/α,β-unsaturated/α-hetero) is 1. The second kappa shape index (κ2) is 7.94. The van der Waals surface area contributed by atoms with E-state index in [0.717, 1.165) is 24.0 Å². The maximum atomic E-state index is 13.5. The van der Waals surface area contributed by atoms with Gasteiger partial charge in [-0.25, -0.2) is 0 Å². The molecule has 5 aliphatic rings. The first-order valence-corrected chi connectivity index (χ1v) is 12.9. The second-order valence-electron chi connectivity index (χ2n) is 11.6. The molecular weight excluding hydrogens is 444 g/mol. The van der Waals surface area contributed by atoms with Crippen molar-refractivity contribution < 1.29 is 29.3 Å². The van der Waals surface area contributed by atoms with Gasteiger partial charge in [-0.15, -0.1) is 0 Å². The van der Waals surface area contributed by atoms with Crippen molar-refractivity contribution in [3.63, 3.8) is 0 Å². The number of allylic oxidation sites excluding steroid dienone is 4. The maximum Gasteiger partial charge on any atom is 0.193 e. The zero-order valence-corrected chi connectivity index (χ0v) is 20.4. The van der Waals surface area contributed by atoms with Crippen LogP contribution in [0, 0.1) is 28.6 Å². The van der Waals surface area contributed by atoms with E-state index in [0.29, 0.717) is 19.3 Å². The van der Waals surface area contributed by atoms with Crippen molar-refractivity contribution in [2.24, 2.45) is 28.6 Å². The van der Waals surface area contributed by atoms with Crippen LogP contribution in [0.4, 0.5) is 0 Å². The van der Waals surface area contributed by atoms with E-state index in [-0.39, 0.29) is 34.7 Å². The Morgan fingerprint density at radius 3 is 2.71 bits per heavy atom. The lowest BCUT2D eigenvalue weighted by Gasteiger charge is -2.59. The molecule has 1 aromatic rings. The molecule has 1 aliphatic heterocycles. The quantitative estimate of drug-likeness (QED) is 0.691. The smallest absolute Gasteiger partial charge is 0.193 e. The highest BCUT2D eigenvalue weighted by Crippen LogP contribution is 2.69. The summed E-state index contributed by atoms with van der Waals surface area (Å²) in [5.74, 6) is -0.0965. The topological polar surface area (TPSA) is 93.1 Å². The molecule has 6 nitrogen and oxygen atoms in total. The van der Waals surface area contributed by atoms with E-state index in [1.807, 2.05) is 36.4 Å². The van der Waals surface area contributed by atoms with Crippen molar-refractivity contribution in [2.75, 3.05) is 6.61 Å². The fraction of sp³-hybridized carbons (Fsp3) is 0.586. The molecule has 0 spiro atoms. The number of benzene rings is 1. The predicted molar refractivity (Wildman–Crippen MR) is 128 cm³/mol. The number of aliphatic hydroxyl groups is 2. The van der Waals surface area contributed by atoms with Gasteiger partial charge in [0.05, 0.1) is 12.2 Å². The molecule has 186 valence electrons. The monoisotopic (exact) mass is 478 g/mol. The van der Waals surface area contributed by atoms with Crippen molar-refractivity contribution >= 4 is 11.6 Å². The van der Waals surface area contributed by atoms with Crippen LogP contribution in [0.25, 0.3) is 0 Å². The summed E-state index contributed by atoms with van der Waals surface area (Å²) in [6.07, 6.45) is 6.92. The van der Waals surface area contributed by atoms with Gasteiger partial charge < -0.3 is 19.7 Å². The fourth-order valence-corrected chi connectivity index (χ4v) is 8.66. The molecule has 6 heteroatoms. The van der Waals surface area contributed by atoms with Gasteiger partial charge in [0.15, 0.2) is 23.5 Å². The summed E-state index contributed by atoms with van der Waals surface area (Å²) >= 11 is 0. The number of aliphatic hydroxyl groups excluding tert-OH is 2. The highest BCUT2D eigenvalue weighted by Gasteiger charge is 2.75. The molecule has 1 aromatic carbocycles. The molecule has 1 heterocycles. The first-order valence-electron chi connectivity index (χ1n) is 12.9. The minimum Gasteiger partial charge on any atom is -0.393 e. The SMILES string of the molecule is C[C@]12C=CC(=O)C=C1CC[C@@H]1[C@@H]2[C@@H](O)C[C@@]2(C)[C@H]1C[C@H]1O[C@H](Cc3ccccc3)O[C@]12C(=O)CO. The maximum absolute atomic E-state index is 13.5. The Labute approximate surface area is 206 Å². The van der Waals surface area contributed by atoms with Crippen molar-refractivity contribution in [1.29, 1.82) is 0 Å². The average molecular weight is 479 g/mol. The van der Waals surface area contributed by atoms with Crippen molar-refractivity contribution in [2.45, 2.75) is 70.1 Å². The lowest BCUT2D eigenvalue weighted by Crippen LogP contribution is -2.63. The van der Waals surface area contributed by atoms with E-state index in [1.54, 1.807) is 12.2 Å². The first-order chi connectivity index (χ1) is 16.7. The molecule has 0 radical (unpaired) electrons. The van der Waals surface area contributed by atoms with E-state index >= 15 is 0 Å². The molecule has 4 aliphatic carbocycles. The number of fused-ring (bicyclic) bond motifs is 7. The number of rotatable bonds is 4. The second-order valence-corrected chi connectivity index (χ2v) is 11.6. The van der Waals surface area contributed by atoms with Crippen LogP contribution in [0.3, 0.4) is 0 Å². The third kappa shape index (κ3) is 3.10. The molecule has 35 heavy (non-hydrogen) atoms. The molecule has 2 N–H and O–H groups in total. The van der Waals surface area contributed by atoms with Crippen molar-refractivity contribution in [3.8, 4) is 0 Å². The third-order valence-electron chi connectivity index (χ3n) is 10.1. The van der Waals surface area contributed by atoms with Gasteiger partial charge in [-0.2, -0.15) is 0 Å². The molecule has 4 fully saturated rings. The minimum absolute atomic E-state index is 0.0141. The van der Waals surface area contributed by atoms with E-state index in [2.05, 4.69) is 13.8 Å². The van der Waals surface area contributed by atoms with E-state index in [9.17, 15) is 19.8 Å². The number of ketones is 2. The van der Waals surface area contributed by atoms with Crippen molar-refractivity contribution in [1.82, 2.24) is 0 Å². The van der Waals surface area contributed by atoms with Crippen LogP contribution in [0.5, 0.6) is 0 Å². The third-order valence-corrected chi connectivity index (χ3v) is 10.1. The van der Waals surface area contributed by atoms with Crippen LogP contribution >= 0.6 is 0 Å². The lowest BCUT2D eigenvalue weighted by atomic mass is 9.46. The van der Waals surface area contributed by atoms with Crippen LogP contribution in [0.1, 0.15) is 45.1 Å². The van der Waals surface area contributed by atoms with Gasteiger partial charge in [-0.05, 0) is 55.2 Å². The van der Waals surface area contributed by atoms with Gasteiger partial charge >= 0.3 is 0 Å². The minimum atomic E-state index is -1.27. The number of carbonyl (C=O) groups excluding carboxylic acids is 2. The molecule has 9 atom stereocenters. The highest BCUT2D eigenvalue weighted by atomic mass is 16.7. The standard InChI is InChI=1S/C29H34O6/c1-27-11-10-19(31)13-18(27)8-9-20-21-14-24-29(23(33)16-30,28(21,2)15-22(32)26(20)27)35-25(34-24)12-17-6-4-3-5-7-17/h3-7,10-11,13,20-22,24-26,30,32H,8-9,12,14-16H2,1-2H3/t20-,21-,22-,24+,25-,26+,27-,28-,29+/m0/s1. The summed E-state index contributed by atoms with van der Waals surface area (Å²) in [6, 6.07) is 9.91. The van der Waals surface area contributed by atoms with E-state index in [4.69, 9.17) is 9.47 Å². The van der Waals surface area contributed by atoms with Crippen LogP contribution < -0.4 is 0 Å². The molecule has 6 rings (SSSR count). The predicted octanol–water partition coefficient (Wildman–Crippen LogP) is 3.16. The van der Waals surface area contributed by atoms with Gasteiger partial charge in [0, 0.05) is 23.2 Å². The molecule has 1 saturated heterocycles. The van der Waals surface area contributed by atoms with E-state index < -0.39 is 36.1 Å². The molecular formula is C29H34O6. The molecule has 0 amide bonds. The first kappa shape index (κ1) is 23.3. The largest absolute Gasteiger partial charge is 0.393 e. The van der Waals surface area contributed by atoms with Crippen LogP contribution in [0.2, 0.25) is 0 Å². The van der Waals surface area contributed by atoms with Gasteiger partial charge in [-0.3, -0.25) is 9.59 Å². The number of carbonyl (C=O) groups is 2. The zero-order valence-electron chi connectivity index (χ0n) is 20.4. The molecule has 0 bridgehead atoms. The molecule has 0 unspecified atom stereocenters. The highest BCUT2D eigenvalue weighted by molar-refractivity contribution is 6.01. The lowest BCUT2D eigenvalue weighted by molar-refractivity contribution is -0.199. The average Bonchev–Trinajstić information content (AvgIpc) is 3.31. The van der Waals surface area contributed by atoms with Crippen LogP contribution in [-0.4, -0.2) is 52.5 Å². The summed E-state index contributed by atoms with van der Waals surface area (Å²) in [5, 5.41) is 21.7. The number of ether oxygens (including phenoxy) is 2. The molecule has 3 saturated carbocycles. The summed E-state index contributed by atoms with van der Waals surface area (Å²) in [6.45, 7) is 3.59. The summed E-state index contributed by atoms with van der Waals surface area (Å²) < 4.78 is 13.0. The molecule has 0 aromatic heterocycles. The van der Waals surface area contributed by atoms with Crippen LogP contribution in [-0.2, 0) is 25.5 Å². The van der Waals surface area contributed by atoms with Crippen molar-refractivity contribution in [3.05, 3.63) is 59.7 Å². The Kier molecular flexibility index (Phi) is 5.28. The Bertz CT molecular complexity index is 1110. The van der Waals surface area contributed by atoms with Gasteiger partial charge in [0.2, 0.25) is 0 Å². The summed E-state index contributed by atoms with van der Waals surface area (Å²) in [5.41, 5.74) is -0.139. The Hall–Kier alpha value is -2.12. The fourth-order valence-electron chi connectivity index (χ4n) is 8.66. The Balaban J connectivity index is 1.36. The van der Waals surface area contributed by atoms with Gasteiger partial charge in [0.25, 0.3) is 0 Å². The zero-order chi connectivity index (χ0) is 24.6. The van der Waals surface area contributed by atoms with Gasteiger partial charge in [-0.1, -0.05) is 55.8 Å². The Morgan fingerprint density at radius 2 is 1.97 bits per heavy atom.